The highest BCUT2D eigenvalue weighted by molar-refractivity contribution is 6.04. The zero-order valence-corrected chi connectivity index (χ0v) is 12.3. The Bertz CT molecular complexity index is 726. The summed E-state index contributed by atoms with van der Waals surface area (Å²) in [5.41, 5.74) is 1.69. The molecule has 22 heavy (non-hydrogen) atoms. The Kier molecular flexibility index (Phi) is 3.75. The third kappa shape index (κ3) is 2.52. The molecule has 2 heterocycles. The summed E-state index contributed by atoms with van der Waals surface area (Å²) in [6.45, 7) is 2.19. The molecule has 1 aliphatic rings. The number of hydrogen-bond acceptors (Lipinski definition) is 4. The molecule has 1 aromatic heterocycles. The maximum Gasteiger partial charge on any atom is 0.308 e. The number of para-hydroxylation sites is 1. The van der Waals surface area contributed by atoms with Crippen LogP contribution in [0.5, 0.6) is 0 Å². The van der Waals surface area contributed by atoms with Gasteiger partial charge in [0, 0.05) is 25.0 Å². The van der Waals surface area contributed by atoms with Crippen molar-refractivity contribution in [2.75, 3.05) is 6.54 Å². The Morgan fingerprint density at radius 1 is 1.23 bits per heavy atom. The summed E-state index contributed by atoms with van der Waals surface area (Å²) >= 11 is 0. The second kappa shape index (κ2) is 5.71. The molecule has 3 rings (SSSR count). The van der Waals surface area contributed by atoms with Gasteiger partial charge < -0.3 is 10.0 Å². The van der Waals surface area contributed by atoms with E-state index in [-0.39, 0.29) is 18.5 Å². The number of likely N-dealkylation sites (tertiary alicyclic amines) is 1. The average molecular weight is 299 g/mol. The quantitative estimate of drug-likeness (QED) is 0.916. The number of amides is 1. The summed E-state index contributed by atoms with van der Waals surface area (Å²) in [6, 6.07) is 5.32. The van der Waals surface area contributed by atoms with E-state index in [0.717, 1.165) is 0 Å². The first kappa shape index (κ1) is 14.4. The normalized spacial score (nSPS) is 21.8. The number of hydrogen-bond donors (Lipinski definition) is 1. The van der Waals surface area contributed by atoms with Crippen LogP contribution in [0.4, 0.5) is 0 Å². The number of piperidine rings is 1. The van der Waals surface area contributed by atoms with Crippen LogP contribution in [0.1, 0.15) is 30.1 Å². The van der Waals surface area contributed by atoms with E-state index in [1.54, 1.807) is 35.5 Å². The Morgan fingerprint density at radius 3 is 2.77 bits per heavy atom. The number of carbonyl (C=O) groups excluding carboxylic acids is 1. The van der Waals surface area contributed by atoms with E-state index in [0.29, 0.717) is 29.4 Å². The number of nitrogens with zero attached hydrogens (tertiary/aromatic N) is 3. The number of benzene rings is 1. The molecule has 1 saturated heterocycles. The molecule has 114 valence electrons. The number of carboxylic acids is 1. The summed E-state index contributed by atoms with van der Waals surface area (Å²) < 4.78 is 0. The van der Waals surface area contributed by atoms with Crippen LogP contribution in [-0.2, 0) is 4.79 Å². The lowest BCUT2D eigenvalue weighted by atomic mass is 9.93. The van der Waals surface area contributed by atoms with Crippen LogP contribution in [-0.4, -0.2) is 44.4 Å². The molecule has 1 aromatic carbocycles. The lowest BCUT2D eigenvalue weighted by Crippen LogP contribution is -2.47. The molecule has 6 heteroatoms. The number of aliphatic carboxylic acids is 1. The van der Waals surface area contributed by atoms with Gasteiger partial charge in [-0.2, -0.15) is 0 Å². The van der Waals surface area contributed by atoms with Gasteiger partial charge in [0.05, 0.1) is 17.0 Å². The number of aromatic nitrogens is 2. The largest absolute Gasteiger partial charge is 0.481 e. The minimum atomic E-state index is -0.845. The highest BCUT2D eigenvalue weighted by atomic mass is 16.4. The lowest BCUT2D eigenvalue weighted by molar-refractivity contribution is -0.143. The van der Waals surface area contributed by atoms with Gasteiger partial charge in [-0.05, 0) is 31.9 Å². The zero-order chi connectivity index (χ0) is 15.7. The minimum absolute atomic E-state index is 0.0232. The molecule has 1 N–H and O–H groups in total. The first-order valence-corrected chi connectivity index (χ1v) is 7.31. The van der Waals surface area contributed by atoms with Crippen LogP contribution < -0.4 is 0 Å². The monoisotopic (exact) mass is 299 g/mol. The summed E-state index contributed by atoms with van der Waals surface area (Å²) in [5.74, 6) is -1.52. The average Bonchev–Trinajstić information content (AvgIpc) is 2.54. The maximum absolute atomic E-state index is 12.9. The highest BCUT2D eigenvalue weighted by Gasteiger charge is 2.33. The molecule has 1 amide bonds. The molecule has 2 atom stereocenters. The van der Waals surface area contributed by atoms with E-state index in [1.807, 2.05) is 6.92 Å². The number of carboxylic acid groups (broad SMARTS) is 1. The Morgan fingerprint density at radius 2 is 2.00 bits per heavy atom. The Hall–Kier alpha value is -2.50. The summed E-state index contributed by atoms with van der Waals surface area (Å²) in [4.78, 5) is 34.2. The van der Waals surface area contributed by atoms with Gasteiger partial charge in [-0.3, -0.25) is 19.6 Å². The van der Waals surface area contributed by atoms with Crippen molar-refractivity contribution in [2.45, 2.75) is 25.8 Å². The van der Waals surface area contributed by atoms with Crippen molar-refractivity contribution < 1.29 is 14.7 Å². The molecule has 6 nitrogen and oxygen atoms in total. The molecule has 1 fully saturated rings. The molecule has 1 aliphatic heterocycles. The molecular weight excluding hydrogens is 282 g/mol. The number of carbonyl (C=O) groups is 2. The topological polar surface area (TPSA) is 83.4 Å². The molecule has 0 aliphatic carbocycles. The van der Waals surface area contributed by atoms with E-state index in [2.05, 4.69) is 9.97 Å². The Labute approximate surface area is 127 Å². The first-order chi connectivity index (χ1) is 10.6. The van der Waals surface area contributed by atoms with Crippen LogP contribution in [0.15, 0.2) is 30.6 Å². The van der Waals surface area contributed by atoms with E-state index in [9.17, 15) is 14.7 Å². The van der Waals surface area contributed by atoms with Gasteiger partial charge in [0.15, 0.2) is 0 Å². The van der Waals surface area contributed by atoms with Crippen molar-refractivity contribution >= 4 is 22.9 Å². The molecule has 0 bridgehead atoms. The van der Waals surface area contributed by atoms with Crippen LogP contribution in [0.3, 0.4) is 0 Å². The van der Waals surface area contributed by atoms with Crippen molar-refractivity contribution in [3.8, 4) is 0 Å². The maximum atomic E-state index is 12.9. The summed E-state index contributed by atoms with van der Waals surface area (Å²) in [7, 11) is 0. The predicted octanol–water partition coefficient (Wildman–Crippen LogP) is 1.96. The predicted molar refractivity (Wildman–Crippen MR) is 80.4 cm³/mol. The minimum Gasteiger partial charge on any atom is -0.481 e. The molecule has 0 radical (unpaired) electrons. The molecule has 0 spiro atoms. The van der Waals surface area contributed by atoms with Gasteiger partial charge in [-0.1, -0.05) is 6.07 Å². The van der Waals surface area contributed by atoms with Crippen LogP contribution >= 0.6 is 0 Å². The van der Waals surface area contributed by atoms with E-state index in [1.165, 1.54) is 0 Å². The fraction of sp³-hybridized carbons (Fsp3) is 0.375. The molecule has 2 unspecified atom stereocenters. The second-order valence-corrected chi connectivity index (χ2v) is 5.65. The molecular formula is C16H17N3O3. The summed E-state index contributed by atoms with van der Waals surface area (Å²) in [6.07, 6.45) is 4.44. The fourth-order valence-electron chi connectivity index (χ4n) is 2.91. The SMILES string of the molecule is CC1CCC(C(=O)O)CN1C(=O)c1cccc2nccnc12. The van der Waals surface area contributed by atoms with Crippen molar-refractivity contribution in [2.24, 2.45) is 5.92 Å². The number of fused-ring (bicyclic) bond motifs is 1. The second-order valence-electron chi connectivity index (χ2n) is 5.65. The van der Waals surface area contributed by atoms with Gasteiger partial charge in [0.2, 0.25) is 0 Å². The molecule has 2 aromatic rings. The van der Waals surface area contributed by atoms with Gasteiger partial charge in [0.1, 0.15) is 5.52 Å². The van der Waals surface area contributed by atoms with Gasteiger partial charge in [0.25, 0.3) is 5.91 Å². The van der Waals surface area contributed by atoms with Crippen molar-refractivity contribution in [1.29, 1.82) is 0 Å². The van der Waals surface area contributed by atoms with Crippen molar-refractivity contribution in [3.63, 3.8) is 0 Å². The van der Waals surface area contributed by atoms with E-state index in [4.69, 9.17) is 0 Å². The number of rotatable bonds is 2. The van der Waals surface area contributed by atoms with Gasteiger partial charge in [-0.15, -0.1) is 0 Å². The Balaban J connectivity index is 1.96. The smallest absolute Gasteiger partial charge is 0.308 e. The molecule has 0 saturated carbocycles. The van der Waals surface area contributed by atoms with Crippen LogP contribution in [0, 0.1) is 5.92 Å². The van der Waals surface area contributed by atoms with Crippen molar-refractivity contribution in [1.82, 2.24) is 14.9 Å². The lowest BCUT2D eigenvalue weighted by Gasteiger charge is -2.36. The van der Waals surface area contributed by atoms with Crippen LogP contribution in [0.25, 0.3) is 11.0 Å². The fourth-order valence-corrected chi connectivity index (χ4v) is 2.91. The van der Waals surface area contributed by atoms with E-state index >= 15 is 0 Å². The van der Waals surface area contributed by atoms with Crippen molar-refractivity contribution in [3.05, 3.63) is 36.2 Å². The third-order valence-corrected chi connectivity index (χ3v) is 4.22. The summed E-state index contributed by atoms with van der Waals surface area (Å²) in [5, 5.41) is 9.21. The van der Waals surface area contributed by atoms with Gasteiger partial charge >= 0.3 is 5.97 Å². The van der Waals surface area contributed by atoms with Crippen LogP contribution in [0.2, 0.25) is 0 Å². The van der Waals surface area contributed by atoms with Gasteiger partial charge in [-0.25, -0.2) is 0 Å². The zero-order valence-electron chi connectivity index (χ0n) is 12.3. The van der Waals surface area contributed by atoms with E-state index < -0.39 is 11.9 Å². The third-order valence-electron chi connectivity index (χ3n) is 4.22. The first-order valence-electron chi connectivity index (χ1n) is 7.31. The standard InChI is InChI=1S/C16H17N3O3/c1-10-5-6-11(16(21)22)9-19(10)15(20)12-3-2-4-13-14(12)18-8-7-17-13/h2-4,7-8,10-11H,5-6,9H2,1H3,(H,21,22). The highest BCUT2D eigenvalue weighted by Crippen LogP contribution is 2.25.